The summed E-state index contributed by atoms with van der Waals surface area (Å²) in [5.74, 6) is 0.323. The van der Waals surface area contributed by atoms with Crippen LogP contribution >= 0.6 is 0 Å². The molecule has 0 saturated heterocycles. The monoisotopic (exact) mass is 200 g/mol. The Bertz CT molecular complexity index is 185. The van der Waals surface area contributed by atoms with Crippen LogP contribution in [0.1, 0.15) is 25.7 Å². The molecule has 1 amide bonds. The molecule has 1 aliphatic carbocycles. The van der Waals surface area contributed by atoms with Crippen LogP contribution in [0.4, 0.5) is 0 Å². The molecule has 0 spiro atoms. The van der Waals surface area contributed by atoms with Gasteiger partial charge in [-0.15, -0.1) is 0 Å². The summed E-state index contributed by atoms with van der Waals surface area (Å²) in [5, 5.41) is 15.3. The fourth-order valence-electron chi connectivity index (χ4n) is 1.89. The third kappa shape index (κ3) is 3.64. The van der Waals surface area contributed by atoms with Crippen LogP contribution in [0.3, 0.4) is 0 Å². The lowest BCUT2D eigenvalue weighted by molar-refractivity contribution is -0.119. The van der Waals surface area contributed by atoms with Crippen molar-refractivity contribution in [3.8, 4) is 0 Å². The van der Waals surface area contributed by atoms with Crippen molar-refractivity contribution in [1.29, 1.82) is 0 Å². The molecule has 1 aliphatic rings. The summed E-state index contributed by atoms with van der Waals surface area (Å²) >= 11 is 0. The predicted molar refractivity (Wildman–Crippen MR) is 54.9 cm³/mol. The van der Waals surface area contributed by atoms with Gasteiger partial charge in [0.05, 0.1) is 12.6 Å². The summed E-state index contributed by atoms with van der Waals surface area (Å²) in [6.07, 6.45) is 4.13. The van der Waals surface area contributed by atoms with Gasteiger partial charge in [0.1, 0.15) is 0 Å². The normalized spacial score (nSPS) is 27.3. The summed E-state index contributed by atoms with van der Waals surface area (Å²) in [6.45, 7) is 1.09. The number of hydrogen-bond acceptors (Lipinski definition) is 3. The Morgan fingerprint density at radius 1 is 1.43 bits per heavy atom. The van der Waals surface area contributed by atoms with E-state index >= 15 is 0 Å². The van der Waals surface area contributed by atoms with Crippen molar-refractivity contribution in [1.82, 2.24) is 10.6 Å². The van der Waals surface area contributed by atoms with Gasteiger partial charge in [-0.3, -0.25) is 4.79 Å². The number of hydrogen-bond donors (Lipinski definition) is 3. The first-order chi connectivity index (χ1) is 6.74. The summed E-state index contributed by atoms with van der Waals surface area (Å²) < 4.78 is 0. The van der Waals surface area contributed by atoms with E-state index in [9.17, 15) is 9.90 Å². The average Bonchev–Trinajstić information content (AvgIpc) is 2.20. The number of amides is 1. The topological polar surface area (TPSA) is 61.4 Å². The third-order valence-electron chi connectivity index (χ3n) is 2.84. The second-order valence-corrected chi connectivity index (χ2v) is 3.92. The number of carbonyl (C=O) groups excluding carboxylic acids is 1. The van der Waals surface area contributed by atoms with Crippen LogP contribution in [0.2, 0.25) is 0 Å². The molecule has 0 aromatic heterocycles. The van der Waals surface area contributed by atoms with Gasteiger partial charge in [0.15, 0.2) is 0 Å². The van der Waals surface area contributed by atoms with Gasteiger partial charge in [0.25, 0.3) is 0 Å². The van der Waals surface area contributed by atoms with Gasteiger partial charge >= 0.3 is 0 Å². The van der Waals surface area contributed by atoms with Crippen LogP contribution < -0.4 is 10.6 Å². The lowest BCUT2D eigenvalue weighted by Gasteiger charge is -2.27. The predicted octanol–water partition coefficient (Wildman–Crippen LogP) is -0.127. The standard InChI is InChI=1S/C10H20N2O2/c1-11-10(14)7-12-6-8-4-2-3-5-9(8)13/h8-9,12-13H,2-7H2,1H3,(H,11,14). The Labute approximate surface area is 85.1 Å². The van der Waals surface area contributed by atoms with E-state index in [1.54, 1.807) is 7.05 Å². The highest BCUT2D eigenvalue weighted by atomic mass is 16.3. The molecule has 0 aromatic carbocycles. The first kappa shape index (κ1) is 11.5. The molecule has 4 nitrogen and oxygen atoms in total. The molecule has 2 atom stereocenters. The molecule has 0 heterocycles. The highest BCUT2D eigenvalue weighted by Crippen LogP contribution is 2.23. The lowest BCUT2D eigenvalue weighted by Crippen LogP contribution is -2.38. The molecule has 82 valence electrons. The fourth-order valence-corrected chi connectivity index (χ4v) is 1.89. The molecule has 1 fully saturated rings. The Morgan fingerprint density at radius 2 is 2.14 bits per heavy atom. The van der Waals surface area contributed by atoms with Gasteiger partial charge in [-0.2, -0.15) is 0 Å². The number of likely N-dealkylation sites (N-methyl/N-ethyl adjacent to an activating group) is 1. The van der Waals surface area contributed by atoms with Gasteiger partial charge in [-0.1, -0.05) is 12.8 Å². The van der Waals surface area contributed by atoms with E-state index in [-0.39, 0.29) is 12.0 Å². The molecule has 0 aliphatic heterocycles. The van der Waals surface area contributed by atoms with Gasteiger partial charge in [0, 0.05) is 13.6 Å². The zero-order chi connectivity index (χ0) is 10.4. The summed E-state index contributed by atoms with van der Waals surface area (Å²) in [4.78, 5) is 10.9. The Hall–Kier alpha value is -0.610. The number of nitrogens with one attached hydrogen (secondary N) is 2. The van der Waals surface area contributed by atoms with Gasteiger partial charge in [0.2, 0.25) is 5.91 Å². The SMILES string of the molecule is CNC(=O)CNCC1CCCCC1O. The molecule has 14 heavy (non-hydrogen) atoms. The summed E-state index contributed by atoms with van der Waals surface area (Å²) in [5.41, 5.74) is 0. The number of carbonyl (C=O) groups is 1. The van der Waals surface area contributed by atoms with Crippen LogP contribution in [0.5, 0.6) is 0 Å². The highest BCUT2D eigenvalue weighted by Gasteiger charge is 2.22. The van der Waals surface area contributed by atoms with Crippen molar-refractivity contribution in [3.05, 3.63) is 0 Å². The summed E-state index contributed by atoms with van der Waals surface area (Å²) in [7, 11) is 1.62. The minimum atomic E-state index is -0.180. The van der Waals surface area contributed by atoms with Crippen LogP contribution in [-0.2, 0) is 4.79 Å². The number of aliphatic hydroxyl groups excluding tert-OH is 1. The largest absolute Gasteiger partial charge is 0.393 e. The second kappa shape index (κ2) is 5.98. The highest BCUT2D eigenvalue weighted by molar-refractivity contribution is 5.77. The van der Waals surface area contributed by atoms with Crippen LogP contribution in [0, 0.1) is 5.92 Å². The molecule has 2 unspecified atom stereocenters. The van der Waals surface area contributed by atoms with E-state index in [2.05, 4.69) is 10.6 Å². The fraction of sp³-hybridized carbons (Fsp3) is 0.900. The molecule has 1 saturated carbocycles. The number of aliphatic hydroxyl groups is 1. The maximum atomic E-state index is 10.9. The zero-order valence-electron chi connectivity index (χ0n) is 8.75. The van der Waals surface area contributed by atoms with Gasteiger partial charge < -0.3 is 15.7 Å². The zero-order valence-corrected chi connectivity index (χ0v) is 8.75. The average molecular weight is 200 g/mol. The first-order valence-corrected chi connectivity index (χ1v) is 5.33. The molecular weight excluding hydrogens is 180 g/mol. The van der Waals surface area contributed by atoms with E-state index in [1.165, 1.54) is 6.42 Å². The Morgan fingerprint density at radius 3 is 2.79 bits per heavy atom. The van der Waals surface area contributed by atoms with Crippen LogP contribution in [0.15, 0.2) is 0 Å². The van der Waals surface area contributed by atoms with E-state index in [0.29, 0.717) is 12.5 Å². The molecule has 4 heteroatoms. The first-order valence-electron chi connectivity index (χ1n) is 5.33. The van der Waals surface area contributed by atoms with E-state index in [4.69, 9.17) is 0 Å². The third-order valence-corrected chi connectivity index (χ3v) is 2.84. The molecular formula is C10H20N2O2. The molecule has 1 rings (SSSR count). The maximum absolute atomic E-state index is 10.9. The molecule has 0 radical (unpaired) electrons. The quantitative estimate of drug-likeness (QED) is 0.592. The maximum Gasteiger partial charge on any atom is 0.233 e. The van der Waals surface area contributed by atoms with Crippen molar-refractivity contribution in [3.63, 3.8) is 0 Å². The molecule has 3 N–H and O–H groups in total. The smallest absolute Gasteiger partial charge is 0.233 e. The molecule has 0 bridgehead atoms. The van der Waals surface area contributed by atoms with Crippen molar-refractivity contribution in [2.24, 2.45) is 5.92 Å². The van der Waals surface area contributed by atoms with E-state index in [0.717, 1.165) is 25.8 Å². The number of rotatable bonds is 4. The van der Waals surface area contributed by atoms with E-state index < -0.39 is 0 Å². The Balaban J connectivity index is 2.13. The van der Waals surface area contributed by atoms with Crippen molar-refractivity contribution in [2.45, 2.75) is 31.8 Å². The lowest BCUT2D eigenvalue weighted by atomic mass is 9.86. The minimum absolute atomic E-state index is 0.00435. The van der Waals surface area contributed by atoms with Gasteiger partial charge in [-0.05, 0) is 18.8 Å². The van der Waals surface area contributed by atoms with Crippen molar-refractivity contribution < 1.29 is 9.90 Å². The van der Waals surface area contributed by atoms with E-state index in [1.807, 2.05) is 0 Å². The second-order valence-electron chi connectivity index (χ2n) is 3.92. The van der Waals surface area contributed by atoms with Crippen LogP contribution in [0.25, 0.3) is 0 Å². The van der Waals surface area contributed by atoms with Crippen LogP contribution in [-0.4, -0.2) is 37.3 Å². The van der Waals surface area contributed by atoms with Crippen molar-refractivity contribution in [2.75, 3.05) is 20.1 Å². The van der Waals surface area contributed by atoms with Gasteiger partial charge in [-0.25, -0.2) is 0 Å². The van der Waals surface area contributed by atoms with Crippen molar-refractivity contribution >= 4 is 5.91 Å². The minimum Gasteiger partial charge on any atom is -0.393 e. The summed E-state index contributed by atoms with van der Waals surface area (Å²) in [6, 6.07) is 0. The Kier molecular flexibility index (Phi) is 4.90. The molecule has 0 aromatic rings.